The second-order valence-corrected chi connectivity index (χ2v) is 6.81. The molecule has 114 valence electrons. The SMILES string of the molecule is COc1ccccc1C1CNCCN1C(=O)C1CCCS1. The first-order chi connectivity index (χ1) is 10.3. The molecule has 4 nitrogen and oxygen atoms in total. The van der Waals surface area contributed by atoms with Gasteiger partial charge in [0.15, 0.2) is 0 Å². The average molecular weight is 306 g/mol. The molecule has 2 aliphatic rings. The third-order valence-electron chi connectivity index (χ3n) is 4.23. The van der Waals surface area contributed by atoms with Crippen LogP contribution in [0.5, 0.6) is 5.75 Å². The van der Waals surface area contributed by atoms with Crippen molar-refractivity contribution in [1.82, 2.24) is 10.2 Å². The fraction of sp³-hybridized carbons (Fsp3) is 0.562. The topological polar surface area (TPSA) is 41.6 Å². The van der Waals surface area contributed by atoms with Crippen molar-refractivity contribution in [2.75, 3.05) is 32.5 Å². The van der Waals surface area contributed by atoms with Crippen molar-refractivity contribution in [2.24, 2.45) is 0 Å². The minimum atomic E-state index is 0.0728. The Hall–Kier alpha value is -1.20. The Bertz CT molecular complexity index is 503. The number of benzene rings is 1. The molecule has 3 rings (SSSR count). The van der Waals surface area contributed by atoms with Crippen LogP contribution in [-0.2, 0) is 4.79 Å². The van der Waals surface area contributed by atoms with E-state index in [1.165, 1.54) is 0 Å². The maximum Gasteiger partial charge on any atom is 0.236 e. The van der Waals surface area contributed by atoms with Gasteiger partial charge in [-0.25, -0.2) is 0 Å². The van der Waals surface area contributed by atoms with Gasteiger partial charge >= 0.3 is 0 Å². The van der Waals surface area contributed by atoms with Gasteiger partial charge in [0, 0.05) is 25.2 Å². The minimum Gasteiger partial charge on any atom is -0.496 e. The lowest BCUT2D eigenvalue weighted by Gasteiger charge is -2.38. The normalized spacial score (nSPS) is 25.9. The van der Waals surface area contributed by atoms with Crippen LogP contribution in [0.3, 0.4) is 0 Å². The van der Waals surface area contributed by atoms with E-state index in [1.807, 2.05) is 30.0 Å². The average Bonchev–Trinajstić information content (AvgIpc) is 3.08. The van der Waals surface area contributed by atoms with Crippen molar-refractivity contribution in [3.8, 4) is 5.75 Å². The molecule has 21 heavy (non-hydrogen) atoms. The predicted molar refractivity (Wildman–Crippen MR) is 85.8 cm³/mol. The number of thioether (sulfide) groups is 1. The number of nitrogens with one attached hydrogen (secondary N) is 1. The van der Waals surface area contributed by atoms with E-state index < -0.39 is 0 Å². The molecule has 1 aromatic carbocycles. The van der Waals surface area contributed by atoms with E-state index in [2.05, 4.69) is 16.3 Å². The highest BCUT2D eigenvalue weighted by Crippen LogP contribution is 2.34. The highest BCUT2D eigenvalue weighted by atomic mass is 32.2. The Labute approximate surface area is 130 Å². The van der Waals surface area contributed by atoms with E-state index in [0.717, 1.165) is 49.5 Å². The molecule has 2 unspecified atom stereocenters. The fourth-order valence-corrected chi connectivity index (χ4v) is 4.37. The first-order valence-electron chi connectivity index (χ1n) is 7.57. The minimum absolute atomic E-state index is 0.0728. The van der Waals surface area contributed by atoms with E-state index in [4.69, 9.17) is 4.74 Å². The molecule has 1 N–H and O–H groups in total. The summed E-state index contributed by atoms with van der Waals surface area (Å²) in [5.74, 6) is 2.28. The van der Waals surface area contributed by atoms with Crippen molar-refractivity contribution in [3.63, 3.8) is 0 Å². The highest BCUT2D eigenvalue weighted by molar-refractivity contribution is 8.00. The zero-order valence-electron chi connectivity index (χ0n) is 12.4. The van der Waals surface area contributed by atoms with Crippen molar-refractivity contribution >= 4 is 17.7 Å². The molecule has 0 aromatic heterocycles. The molecule has 0 aliphatic carbocycles. The second-order valence-electron chi connectivity index (χ2n) is 5.50. The van der Waals surface area contributed by atoms with Crippen molar-refractivity contribution in [3.05, 3.63) is 29.8 Å². The smallest absolute Gasteiger partial charge is 0.236 e. The second kappa shape index (κ2) is 6.71. The fourth-order valence-electron chi connectivity index (χ4n) is 3.15. The van der Waals surface area contributed by atoms with Crippen molar-refractivity contribution in [2.45, 2.75) is 24.1 Å². The monoisotopic (exact) mass is 306 g/mol. The van der Waals surface area contributed by atoms with Crippen LogP contribution in [0.4, 0.5) is 0 Å². The van der Waals surface area contributed by atoms with Crippen LogP contribution in [-0.4, -0.2) is 48.6 Å². The van der Waals surface area contributed by atoms with E-state index in [-0.39, 0.29) is 11.3 Å². The molecular weight excluding hydrogens is 284 g/mol. The van der Waals surface area contributed by atoms with Gasteiger partial charge in [-0.1, -0.05) is 18.2 Å². The molecule has 2 fully saturated rings. The molecule has 2 atom stereocenters. The summed E-state index contributed by atoms with van der Waals surface area (Å²) in [5.41, 5.74) is 1.10. The van der Waals surface area contributed by atoms with Gasteiger partial charge < -0.3 is 15.0 Å². The molecule has 1 aromatic rings. The molecule has 0 saturated carbocycles. The van der Waals surface area contributed by atoms with Gasteiger partial charge in [-0.2, -0.15) is 0 Å². The van der Waals surface area contributed by atoms with Gasteiger partial charge in [0.2, 0.25) is 5.91 Å². The van der Waals surface area contributed by atoms with Crippen LogP contribution in [0, 0.1) is 0 Å². The van der Waals surface area contributed by atoms with Gasteiger partial charge in [0.25, 0.3) is 0 Å². The summed E-state index contributed by atoms with van der Waals surface area (Å²) in [4.78, 5) is 14.9. The molecule has 2 saturated heterocycles. The Morgan fingerprint density at radius 2 is 2.29 bits per heavy atom. The Balaban J connectivity index is 1.85. The van der Waals surface area contributed by atoms with Crippen LogP contribution in [0.1, 0.15) is 24.4 Å². The van der Waals surface area contributed by atoms with Gasteiger partial charge in [0.05, 0.1) is 18.4 Å². The van der Waals surface area contributed by atoms with Crippen LogP contribution in [0.25, 0.3) is 0 Å². The van der Waals surface area contributed by atoms with Crippen LogP contribution >= 0.6 is 11.8 Å². The lowest BCUT2D eigenvalue weighted by Crippen LogP contribution is -2.51. The number of nitrogens with zero attached hydrogens (tertiary/aromatic N) is 1. The van der Waals surface area contributed by atoms with E-state index in [1.54, 1.807) is 7.11 Å². The number of rotatable bonds is 3. The molecule has 2 heterocycles. The first-order valence-corrected chi connectivity index (χ1v) is 8.62. The van der Waals surface area contributed by atoms with Gasteiger partial charge in [-0.15, -0.1) is 11.8 Å². The number of carbonyl (C=O) groups excluding carboxylic acids is 1. The summed E-state index contributed by atoms with van der Waals surface area (Å²) in [6, 6.07) is 8.09. The van der Waals surface area contributed by atoms with Crippen LogP contribution < -0.4 is 10.1 Å². The summed E-state index contributed by atoms with van der Waals surface area (Å²) < 4.78 is 5.48. The third-order valence-corrected chi connectivity index (χ3v) is 5.59. The summed E-state index contributed by atoms with van der Waals surface area (Å²) >= 11 is 1.81. The number of piperazine rings is 1. The van der Waals surface area contributed by atoms with Crippen molar-refractivity contribution < 1.29 is 9.53 Å². The molecule has 0 bridgehead atoms. The molecule has 0 spiro atoms. The largest absolute Gasteiger partial charge is 0.496 e. The van der Waals surface area contributed by atoms with E-state index >= 15 is 0 Å². The Kier molecular flexibility index (Phi) is 4.70. The highest BCUT2D eigenvalue weighted by Gasteiger charge is 2.34. The summed E-state index contributed by atoms with van der Waals surface area (Å²) in [6.07, 6.45) is 2.18. The third kappa shape index (κ3) is 3.04. The summed E-state index contributed by atoms with van der Waals surface area (Å²) in [7, 11) is 1.69. The summed E-state index contributed by atoms with van der Waals surface area (Å²) in [6.45, 7) is 2.44. The number of methoxy groups -OCH3 is 1. The predicted octanol–water partition coefficient (Wildman–Crippen LogP) is 2.06. The maximum atomic E-state index is 12.8. The number of hydrogen-bond acceptors (Lipinski definition) is 4. The molecular formula is C16H22N2O2S. The van der Waals surface area contributed by atoms with E-state index in [9.17, 15) is 4.79 Å². The first kappa shape index (κ1) is 14.7. The quantitative estimate of drug-likeness (QED) is 0.928. The molecule has 0 radical (unpaired) electrons. The standard InChI is InChI=1S/C16H22N2O2S/c1-20-14-6-3-2-5-12(14)13-11-17-8-9-18(13)16(19)15-7-4-10-21-15/h2-3,5-6,13,15,17H,4,7-11H2,1H3. The zero-order chi connectivity index (χ0) is 14.7. The molecule has 2 aliphatic heterocycles. The summed E-state index contributed by atoms with van der Waals surface area (Å²) in [5, 5.41) is 3.56. The number of amides is 1. The van der Waals surface area contributed by atoms with Crippen molar-refractivity contribution in [1.29, 1.82) is 0 Å². The number of para-hydroxylation sites is 1. The lowest BCUT2D eigenvalue weighted by molar-refractivity contribution is -0.134. The lowest BCUT2D eigenvalue weighted by atomic mass is 10.0. The van der Waals surface area contributed by atoms with E-state index in [0.29, 0.717) is 5.91 Å². The van der Waals surface area contributed by atoms with Gasteiger partial charge in [-0.05, 0) is 24.7 Å². The Morgan fingerprint density at radius 1 is 1.43 bits per heavy atom. The molecule has 5 heteroatoms. The zero-order valence-corrected chi connectivity index (χ0v) is 13.2. The van der Waals surface area contributed by atoms with Crippen LogP contribution in [0.15, 0.2) is 24.3 Å². The van der Waals surface area contributed by atoms with Gasteiger partial charge in [0.1, 0.15) is 5.75 Å². The van der Waals surface area contributed by atoms with Crippen LogP contribution in [0.2, 0.25) is 0 Å². The Morgan fingerprint density at radius 3 is 3.05 bits per heavy atom. The van der Waals surface area contributed by atoms with Gasteiger partial charge in [-0.3, -0.25) is 4.79 Å². The number of hydrogen-bond donors (Lipinski definition) is 1. The number of carbonyl (C=O) groups is 1. The maximum absolute atomic E-state index is 12.8. The number of ether oxygens (including phenoxy) is 1. The molecule has 1 amide bonds.